The van der Waals surface area contributed by atoms with Crippen LogP contribution in [0.3, 0.4) is 0 Å². The number of aliphatic hydroxyl groups is 1. The third-order valence-electron chi connectivity index (χ3n) is 3.95. The van der Waals surface area contributed by atoms with Gasteiger partial charge in [-0.2, -0.15) is 0 Å². The van der Waals surface area contributed by atoms with Gasteiger partial charge in [-0.1, -0.05) is 22.9 Å². The molecule has 0 saturated carbocycles. The van der Waals surface area contributed by atoms with Gasteiger partial charge in [0.05, 0.1) is 31.2 Å². The molecule has 140 valence electrons. The van der Waals surface area contributed by atoms with Crippen molar-refractivity contribution in [3.8, 4) is 5.75 Å². The largest absolute Gasteiger partial charge is 0.493 e. The number of aliphatic hydroxyl groups excluding tert-OH is 1. The van der Waals surface area contributed by atoms with E-state index in [-0.39, 0.29) is 12.6 Å². The molecule has 3 rings (SSSR count). The van der Waals surface area contributed by atoms with Crippen LogP contribution in [0.4, 0.5) is 15.6 Å². The van der Waals surface area contributed by atoms with Gasteiger partial charge in [0, 0.05) is 37.1 Å². The Balaban J connectivity index is 1.65. The number of aromatic nitrogens is 2. The zero-order valence-corrected chi connectivity index (χ0v) is 15.9. The van der Waals surface area contributed by atoms with Crippen LogP contribution in [-0.4, -0.2) is 47.9 Å². The van der Waals surface area contributed by atoms with Crippen molar-refractivity contribution in [3.63, 3.8) is 0 Å². The lowest BCUT2D eigenvalue weighted by atomic mass is 10.1. The standard InChI is InChI=1S/C16H20ClN5O3S/c1-25-12-7-10(8-19-14(12)17)22-5-3-11-13(9-22)26-16(20-11)21-15(24)18-4-2-6-23/h7-8,23H,2-6,9H2,1H3,(H2,18,20,21,24). The van der Waals surface area contributed by atoms with Crippen LogP contribution in [0.5, 0.6) is 5.75 Å². The van der Waals surface area contributed by atoms with Crippen LogP contribution in [-0.2, 0) is 13.0 Å². The Kier molecular flexibility index (Phi) is 6.12. The molecule has 26 heavy (non-hydrogen) atoms. The van der Waals surface area contributed by atoms with Gasteiger partial charge in [-0.25, -0.2) is 14.8 Å². The summed E-state index contributed by atoms with van der Waals surface area (Å²) in [6.07, 6.45) is 3.03. The summed E-state index contributed by atoms with van der Waals surface area (Å²) in [6, 6.07) is 1.56. The molecule has 8 nitrogen and oxygen atoms in total. The highest BCUT2D eigenvalue weighted by molar-refractivity contribution is 7.15. The van der Waals surface area contributed by atoms with Crippen molar-refractivity contribution in [2.24, 2.45) is 0 Å². The van der Waals surface area contributed by atoms with Crippen LogP contribution < -0.4 is 20.3 Å². The van der Waals surface area contributed by atoms with Crippen molar-refractivity contribution in [2.75, 3.05) is 37.0 Å². The number of carbonyl (C=O) groups is 1. The van der Waals surface area contributed by atoms with Crippen LogP contribution in [0.15, 0.2) is 12.3 Å². The topological polar surface area (TPSA) is 99.6 Å². The number of anilines is 2. The molecule has 0 atom stereocenters. The lowest BCUT2D eigenvalue weighted by molar-refractivity contribution is 0.249. The van der Waals surface area contributed by atoms with Crippen LogP contribution >= 0.6 is 22.9 Å². The molecule has 2 aromatic rings. The van der Waals surface area contributed by atoms with Gasteiger partial charge in [0.15, 0.2) is 16.0 Å². The molecule has 0 aromatic carbocycles. The summed E-state index contributed by atoms with van der Waals surface area (Å²) in [7, 11) is 1.56. The van der Waals surface area contributed by atoms with E-state index in [9.17, 15) is 4.79 Å². The van der Waals surface area contributed by atoms with Crippen molar-refractivity contribution >= 4 is 39.8 Å². The molecule has 0 fully saturated rings. The maximum Gasteiger partial charge on any atom is 0.321 e. The zero-order chi connectivity index (χ0) is 18.5. The van der Waals surface area contributed by atoms with Crippen molar-refractivity contribution < 1.29 is 14.6 Å². The number of amides is 2. The average Bonchev–Trinajstić information content (AvgIpc) is 3.03. The fourth-order valence-corrected chi connectivity index (χ4v) is 3.82. The number of carbonyl (C=O) groups excluding carboxylic acids is 1. The highest BCUT2D eigenvalue weighted by Crippen LogP contribution is 2.33. The lowest BCUT2D eigenvalue weighted by Crippen LogP contribution is -2.30. The molecule has 10 heteroatoms. The summed E-state index contributed by atoms with van der Waals surface area (Å²) in [5.41, 5.74) is 1.94. The number of hydrogen-bond donors (Lipinski definition) is 3. The lowest BCUT2D eigenvalue weighted by Gasteiger charge is -2.28. The Labute approximate surface area is 160 Å². The second-order valence-electron chi connectivity index (χ2n) is 5.71. The summed E-state index contributed by atoms with van der Waals surface area (Å²) in [4.78, 5) is 23.8. The van der Waals surface area contributed by atoms with E-state index >= 15 is 0 Å². The third-order valence-corrected chi connectivity index (χ3v) is 5.23. The maximum absolute atomic E-state index is 11.8. The fourth-order valence-electron chi connectivity index (χ4n) is 2.63. The molecule has 0 bridgehead atoms. The minimum atomic E-state index is -0.312. The van der Waals surface area contributed by atoms with E-state index in [0.29, 0.717) is 35.5 Å². The van der Waals surface area contributed by atoms with Gasteiger partial charge < -0.3 is 20.1 Å². The highest BCUT2D eigenvalue weighted by Gasteiger charge is 2.22. The molecule has 0 aliphatic carbocycles. The molecule has 0 spiro atoms. The van der Waals surface area contributed by atoms with Crippen molar-refractivity contribution in [1.82, 2.24) is 15.3 Å². The van der Waals surface area contributed by atoms with E-state index in [1.54, 1.807) is 13.3 Å². The maximum atomic E-state index is 11.8. The highest BCUT2D eigenvalue weighted by atomic mass is 35.5. The van der Waals surface area contributed by atoms with Gasteiger partial charge in [-0.15, -0.1) is 0 Å². The molecular weight excluding hydrogens is 378 g/mol. The Bertz CT molecular complexity index is 785. The second-order valence-corrected chi connectivity index (χ2v) is 7.15. The third kappa shape index (κ3) is 4.35. The number of thiazole rings is 1. The molecule has 3 N–H and O–H groups in total. The summed E-state index contributed by atoms with van der Waals surface area (Å²) < 4.78 is 5.23. The predicted octanol–water partition coefficient (Wildman–Crippen LogP) is 2.27. The number of halogens is 1. The Morgan fingerprint density at radius 1 is 1.54 bits per heavy atom. The number of rotatable bonds is 6. The molecule has 0 saturated heterocycles. The fraction of sp³-hybridized carbons (Fsp3) is 0.438. The normalized spacial score (nSPS) is 13.3. The number of methoxy groups -OCH3 is 1. The summed E-state index contributed by atoms with van der Waals surface area (Å²) in [6.45, 7) is 1.96. The van der Waals surface area contributed by atoms with E-state index in [0.717, 1.165) is 29.2 Å². The van der Waals surface area contributed by atoms with E-state index < -0.39 is 0 Å². The van der Waals surface area contributed by atoms with Crippen LogP contribution in [0.1, 0.15) is 17.0 Å². The Morgan fingerprint density at radius 2 is 2.38 bits per heavy atom. The number of nitrogens with zero attached hydrogens (tertiary/aromatic N) is 3. The van der Waals surface area contributed by atoms with Gasteiger partial charge in [0.2, 0.25) is 0 Å². The van der Waals surface area contributed by atoms with Crippen molar-refractivity contribution in [2.45, 2.75) is 19.4 Å². The van der Waals surface area contributed by atoms with E-state index in [1.165, 1.54) is 11.3 Å². The molecule has 1 aliphatic heterocycles. The molecule has 0 radical (unpaired) electrons. The van der Waals surface area contributed by atoms with Gasteiger partial charge in [-0.3, -0.25) is 5.32 Å². The number of ether oxygens (including phenoxy) is 1. The van der Waals surface area contributed by atoms with E-state index in [1.807, 2.05) is 6.07 Å². The first-order chi connectivity index (χ1) is 12.6. The van der Waals surface area contributed by atoms with Crippen molar-refractivity contribution in [3.05, 3.63) is 28.0 Å². The molecular formula is C16H20ClN5O3S. The first-order valence-electron chi connectivity index (χ1n) is 8.19. The summed E-state index contributed by atoms with van der Waals surface area (Å²) >= 11 is 7.45. The quantitative estimate of drug-likeness (QED) is 0.510. The minimum Gasteiger partial charge on any atom is -0.493 e. The van der Waals surface area contributed by atoms with Crippen LogP contribution in [0, 0.1) is 0 Å². The Morgan fingerprint density at radius 3 is 3.15 bits per heavy atom. The summed E-state index contributed by atoms with van der Waals surface area (Å²) in [5, 5.41) is 15.1. The van der Waals surface area contributed by atoms with Gasteiger partial charge in [0.25, 0.3) is 0 Å². The molecule has 1 aliphatic rings. The zero-order valence-electron chi connectivity index (χ0n) is 14.3. The first kappa shape index (κ1) is 18.7. The molecule has 3 heterocycles. The first-order valence-corrected chi connectivity index (χ1v) is 9.39. The van der Waals surface area contributed by atoms with Gasteiger partial charge in [-0.05, 0) is 6.42 Å². The Hall–Kier alpha value is -2.10. The van der Waals surface area contributed by atoms with E-state index in [2.05, 4.69) is 25.5 Å². The number of fused-ring (bicyclic) bond motifs is 1. The predicted molar refractivity (Wildman–Crippen MR) is 101 cm³/mol. The van der Waals surface area contributed by atoms with Crippen molar-refractivity contribution in [1.29, 1.82) is 0 Å². The molecule has 0 unspecified atom stereocenters. The van der Waals surface area contributed by atoms with E-state index in [4.69, 9.17) is 21.4 Å². The monoisotopic (exact) mass is 397 g/mol. The molecule has 2 aromatic heterocycles. The summed E-state index contributed by atoms with van der Waals surface area (Å²) in [5.74, 6) is 0.543. The second kappa shape index (κ2) is 8.52. The van der Waals surface area contributed by atoms with Gasteiger partial charge in [0.1, 0.15) is 0 Å². The molecule has 2 amide bonds. The number of hydrogen-bond acceptors (Lipinski definition) is 7. The van der Waals surface area contributed by atoms with Gasteiger partial charge >= 0.3 is 6.03 Å². The van der Waals surface area contributed by atoms with Crippen LogP contribution in [0.2, 0.25) is 5.15 Å². The number of urea groups is 1. The smallest absolute Gasteiger partial charge is 0.321 e. The number of pyridine rings is 1. The average molecular weight is 398 g/mol. The van der Waals surface area contributed by atoms with Crippen LogP contribution in [0.25, 0.3) is 0 Å². The minimum absolute atomic E-state index is 0.0476. The SMILES string of the molecule is COc1cc(N2CCc3nc(NC(=O)NCCCO)sc3C2)cnc1Cl. The number of nitrogens with one attached hydrogen (secondary N) is 2.